The summed E-state index contributed by atoms with van der Waals surface area (Å²) in [6, 6.07) is 0. The van der Waals surface area contributed by atoms with Gasteiger partial charge < -0.3 is 9.57 Å². The molecule has 0 bridgehead atoms. The number of ether oxygens (including phenoxy) is 1. The SMILES string of the molecule is COC(=O)[C@H]1CC=NO1. The van der Waals surface area contributed by atoms with Crippen LogP contribution in [0.2, 0.25) is 0 Å². The van der Waals surface area contributed by atoms with Crippen molar-refractivity contribution in [1.82, 2.24) is 0 Å². The number of esters is 1. The molecule has 1 rings (SSSR count). The Bertz CT molecular complexity index is 135. The zero-order valence-corrected chi connectivity index (χ0v) is 5.03. The summed E-state index contributed by atoms with van der Waals surface area (Å²) in [4.78, 5) is 15.2. The summed E-state index contributed by atoms with van der Waals surface area (Å²) in [5.41, 5.74) is 0. The molecule has 1 aliphatic rings. The van der Waals surface area contributed by atoms with Crippen molar-refractivity contribution >= 4 is 12.2 Å². The van der Waals surface area contributed by atoms with E-state index in [1.165, 1.54) is 7.11 Å². The lowest BCUT2D eigenvalue weighted by atomic mass is 10.3. The standard InChI is InChI=1S/C5H7NO3/c1-8-5(7)4-2-3-6-9-4/h3-4H,2H2,1H3/t4-/m1/s1. The van der Waals surface area contributed by atoms with E-state index in [0.717, 1.165) is 0 Å². The van der Waals surface area contributed by atoms with Crippen molar-refractivity contribution in [1.29, 1.82) is 0 Å². The van der Waals surface area contributed by atoms with Gasteiger partial charge in [-0.2, -0.15) is 0 Å². The summed E-state index contributed by atoms with van der Waals surface area (Å²) < 4.78 is 4.39. The second-order valence-corrected chi connectivity index (χ2v) is 1.64. The zero-order chi connectivity index (χ0) is 6.69. The third-order valence-electron chi connectivity index (χ3n) is 1.05. The average molecular weight is 129 g/mol. The van der Waals surface area contributed by atoms with Crippen LogP contribution in [0.3, 0.4) is 0 Å². The van der Waals surface area contributed by atoms with Crippen LogP contribution >= 0.6 is 0 Å². The third-order valence-corrected chi connectivity index (χ3v) is 1.05. The van der Waals surface area contributed by atoms with Crippen LogP contribution in [0.1, 0.15) is 6.42 Å². The number of oxime groups is 1. The number of rotatable bonds is 1. The van der Waals surface area contributed by atoms with Crippen molar-refractivity contribution in [2.45, 2.75) is 12.5 Å². The Morgan fingerprint density at radius 3 is 3.22 bits per heavy atom. The predicted octanol–water partition coefficient (Wildman–Crippen LogP) is -0.0659. The summed E-state index contributed by atoms with van der Waals surface area (Å²) in [7, 11) is 1.32. The fourth-order valence-electron chi connectivity index (χ4n) is 0.569. The van der Waals surface area contributed by atoms with Crippen molar-refractivity contribution < 1.29 is 14.4 Å². The summed E-state index contributed by atoms with van der Waals surface area (Å²) >= 11 is 0. The minimum atomic E-state index is -0.505. The Labute approximate surface area is 52.4 Å². The van der Waals surface area contributed by atoms with Crippen molar-refractivity contribution in [3.05, 3.63) is 0 Å². The van der Waals surface area contributed by atoms with E-state index < -0.39 is 6.10 Å². The maximum atomic E-state index is 10.6. The average Bonchev–Trinajstić information content (AvgIpc) is 2.37. The molecule has 1 atom stereocenters. The molecule has 1 heterocycles. The molecule has 0 amide bonds. The second-order valence-electron chi connectivity index (χ2n) is 1.64. The Morgan fingerprint density at radius 1 is 2.00 bits per heavy atom. The van der Waals surface area contributed by atoms with Gasteiger partial charge in [0.05, 0.1) is 7.11 Å². The molecular weight excluding hydrogens is 122 g/mol. The van der Waals surface area contributed by atoms with Gasteiger partial charge in [0, 0.05) is 12.6 Å². The highest BCUT2D eigenvalue weighted by molar-refractivity contribution is 5.79. The molecule has 9 heavy (non-hydrogen) atoms. The van der Waals surface area contributed by atoms with Gasteiger partial charge in [-0.15, -0.1) is 0 Å². The molecule has 0 N–H and O–H groups in total. The first-order valence-electron chi connectivity index (χ1n) is 2.60. The van der Waals surface area contributed by atoms with Crippen LogP contribution in [0.25, 0.3) is 0 Å². The first-order valence-corrected chi connectivity index (χ1v) is 2.60. The topological polar surface area (TPSA) is 47.9 Å². The van der Waals surface area contributed by atoms with Crippen molar-refractivity contribution in [3.63, 3.8) is 0 Å². The summed E-state index contributed by atoms with van der Waals surface area (Å²) in [6.45, 7) is 0. The van der Waals surface area contributed by atoms with Crippen molar-refractivity contribution in [2.75, 3.05) is 7.11 Å². The fourth-order valence-corrected chi connectivity index (χ4v) is 0.569. The van der Waals surface area contributed by atoms with Crippen LogP contribution in [0.4, 0.5) is 0 Å². The first-order chi connectivity index (χ1) is 4.34. The lowest BCUT2D eigenvalue weighted by Crippen LogP contribution is -2.20. The molecule has 50 valence electrons. The number of carbonyl (C=O) groups excluding carboxylic acids is 1. The molecular formula is C5H7NO3. The highest BCUT2D eigenvalue weighted by atomic mass is 16.7. The maximum Gasteiger partial charge on any atom is 0.350 e. The maximum absolute atomic E-state index is 10.6. The number of nitrogens with zero attached hydrogens (tertiary/aromatic N) is 1. The van der Waals surface area contributed by atoms with Crippen LogP contribution in [-0.2, 0) is 14.4 Å². The minimum absolute atomic E-state index is 0.368. The summed E-state index contributed by atoms with van der Waals surface area (Å²) in [5, 5.41) is 3.41. The molecule has 0 radical (unpaired) electrons. The highest BCUT2D eigenvalue weighted by Gasteiger charge is 2.22. The highest BCUT2D eigenvalue weighted by Crippen LogP contribution is 2.05. The molecule has 4 heteroatoms. The Morgan fingerprint density at radius 2 is 2.78 bits per heavy atom. The lowest BCUT2D eigenvalue weighted by Gasteiger charge is -2.02. The molecule has 0 spiro atoms. The number of carbonyl (C=O) groups is 1. The molecule has 1 aliphatic heterocycles. The fraction of sp³-hybridized carbons (Fsp3) is 0.600. The van der Waals surface area contributed by atoms with Crippen LogP contribution in [0.15, 0.2) is 5.16 Å². The van der Waals surface area contributed by atoms with E-state index in [1.807, 2.05) is 0 Å². The van der Waals surface area contributed by atoms with Gasteiger partial charge in [-0.3, -0.25) is 0 Å². The Kier molecular flexibility index (Phi) is 1.67. The number of hydrogen-bond acceptors (Lipinski definition) is 4. The van der Waals surface area contributed by atoms with Gasteiger partial charge in [0.2, 0.25) is 6.10 Å². The predicted molar refractivity (Wildman–Crippen MR) is 30.0 cm³/mol. The lowest BCUT2D eigenvalue weighted by molar-refractivity contribution is -0.152. The van der Waals surface area contributed by atoms with E-state index in [-0.39, 0.29) is 5.97 Å². The van der Waals surface area contributed by atoms with Gasteiger partial charge in [-0.25, -0.2) is 4.79 Å². The zero-order valence-electron chi connectivity index (χ0n) is 5.03. The van der Waals surface area contributed by atoms with Crippen LogP contribution < -0.4 is 0 Å². The van der Waals surface area contributed by atoms with Crippen LogP contribution in [0, 0.1) is 0 Å². The number of methoxy groups -OCH3 is 1. The van der Waals surface area contributed by atoms with E-state index in [0.29, 0.717) is 6.42 Å². The van der Waals surface area contributed by atoms with Crippen molar-refractivity contribution in [3.8, 4) is 0 Å². The van der Waals surface area contributed by atoms with Crippen LogP contribution in [0.5, 0.6) is 0 Å². The molecule has 0 aromatic heterocycles. The van der Waals surface area contributed by atoms with Crippen molar-refractivity contribution in [2.24, 2.45) is 5.16 Å². The molecule has 0 aromatic rings. The van der Waals surface area contributed by atoms with Gasteiger partial charge in [-0.1, -0.05) is 5.16 Å². The normalized spacial score (nSPS) is 23.4. The van der Waals surface area contributed by atoms with E-state index in [9.17, 15) is 4.79 Å². The van der Waals surface area contributed by atoms with Gasteiger partial charge in [-0.05, 0) is 0 Å². The van der Waals surface area contributed by atoms with Gasteiger partial charge in [0.1, 0.15) is 0 Å². The summed E-state index contributed by atoms with van der Waals surface area (Å²) in [6.07, 6.45) is 1.56. The second kappa shape index (κ2) is 2.48. The molecule has 0 aromatic carbocycles. The molecule has 0 aliphatic carbocycles. The first kappa shape index (κ1) is 6.07. The van der Waals surface area contributed by atoms with E-state index in [2.05, 4.69) is 14.7 Å². The Balaban J connectivity index is 2.36. The van der Waals surface area contributed by atoms with Gasteiger partial charge >= 0.3 is 5.97 Å². The van der Waals surface area contributed by atoms with Crippen LogP contribution in [-0.4, -0.2) is 25.4 Å². The molecule has 0 fully saturated rings. The summed E-state index contributed by atoms with van der Waals surface area (Å²) in [5.74, 6) is -0.368. The monoisotopic (exact) mass is 129 g/mol. The molecule has 0 unspecified atom stereocenters. The quantitative estimate of drug-likeness (QED) is 0.466. The smallest absolute Gasteiger partial charge is 0.350 e. The van der Waals surface area contributed by atoms with E-state index in [1.54, 1.807) is 6.21 Å². The van der Waals surface area contributed by atoms with Gasteiger partial charge in [0.25, 0.3) is 0 Å². The van der Waals surface area contributed by atoms with E-state index in [4.69, 9.17) is 0 Å². The molecule has 0 saturated carbocycles. The number of hydrogen-bond donors (Lipinski definition) is 0. The Hall–Kier alpha value is -1.06. The molecule has 4 nitrogen and oxygen atoms in total. The largest absolute Gasteiger partial charge is 0.466 e. The third kappa shape index (κ3) is 1.19. The minimum Gasteiger partial charge on any atom is -0.466 e. The van der Waals surface area contributed by atoms with E-state index >= 15 is 0 Å². The molecule has 0 saturated heterocycles. The van der Waals surface area contributed by atoms with Gasteiger partial charge in [0.15, 0.2) is 0 Å².